The summed E-state index contributed by atoms with van der Waals surface area (Å²) in [5.41, 5.74) is 1.08. The normalized spacial score (nSPS) is 14.3. The van der Waals surface area contributed by atoms with E-state index in [0.29, 0.717) is 0 Å². The summed E-state index contributed by atoms with van der Waals surface area (Å²) in [4.78, 5) is 15.6. The monoisotopic (exact) mass is 206 g/mol. The first-order chi connectivity index (χ1) is 7.15. The maximum atomic E-state index is 11.6. The molecular formula is C12H18N2O. The van der Waals surface area contributed by atoms with E-state index in [2.05, 4.69) is 10.3 Å². The van der Waals surface area contributed by atoms with Gasteiger partial charge in [-0.1, -0.05) is 13.8 Å². The molecule has 0 saturated carbocycles. The molecule has 0 aliphatic rings. The minimum absolute atomic E-state index is 0.0505. The molecule has 0 fully saturated rings. The van der Waals surface area contributed by atoms with Crippen LogP contribution in [-0.2, 0) is 4.79 Å². The second-order valence-electron chi connectivity index (χ2n) is 3.82. The summed E-state index contributed by atoms with van der Waals surface area (Å²) in [5.74, 6) is 0.191. The SMILES string of the molecule is CCC(C)C(=O)NC(C)c1ccncc1. The summed E-state index contributed by atoms with van der Waals surface area (Å²) >= 11 is 0. The number of nitrogens with one attached hydrogen (secondary N) is 1. The molecule has 1 aromatic rings. The molecule has 0 aliphatic heterocycles. The van der Waals surface area contributed by atoms with Gasteiger partial charge in [0.1, 0.15) is 0 Å². The minimum atomic E-state index is 0.0505. The van der Waals surface area contributed by atoms with Crippen molar-refractivity contribution in [2.75, 3.05) is 0 Å². The van der Waals surface area contributed by atoms with E-state index in [1.807, 2.05) is 32.9 Å². The lowest BCUT2D eigenvalue weighted by molar-refractivity contribution is -0.125. The molecule has 3 nitrogen and oxygen atoms in total. The number of hydrogen-bond acceptors (Lipinski definition) is 2. The van der Waals surface area contributed by atoms with E-state index in [-0.39, 0.29) is 17.9 Å². The van der Waals surface area contributed by atoms with Gasteiger partial charge >= 0.3 is 0 Å². The number of carbonyl (C=O) groups excluding carboxylic acids is 1. The molecular weight excluding hydrogens is 188 g/mol. The third-order valence-corrected chi connectivity index (χ3v) is 2.62. The number of hydrogen-bond donors (Lipinski definition) is 1. The molecule has 3 heteroatoms. The van der Waals surface area contributed by atoms with E-state index in [0.717, 1.165) is 12.0 Å². The molecule has 1 heterocycles. The molecule has 1 amide bonds. The van der Waals surface area contributed by atoms with Crippen molar-refractivity contribution < 1.29 is 4.79 Å². The van der Waals surface area contributed by atoms with Gasteiger partial charge in [-0.05, 0) is 31.0 Å². The molecule has 0 bridgehead atoms. The Labute approximate surface area is 90.9 Å². The fraction of sp³-hybridized carbons (Fsp3) is 0.500. The number of amides is 1. The van der Waals surface area contributed by atoms with Crippen LogP contribution in [0.4, 0.5) is 0 Å². The summed E-state index contributed by atoms with van der Waals surface area (Å²) < 4.78 is 0. The lowest BCUT2D eigenvalue weighted by atomic mass is 10.1. The highest BCUT2D eigenvalue weighted by molar-refractivity contribution is 5.78. The largest absolute Gasteiger partial charge is 0.349 e. The Hall–Kier alpha value is -1.38. The molecule has 0 radical (unpaired) electrons. The molecule has 0 aliphatic carbocycles. The van der Waals surface area contributed by atoms with Crippen molar-refractivity contribution in [2.45, 2.75) is 33.2 Å². The van der Waals surface area contributed by atoms with Crippen molar-refractivity contribution in [3.63, 3.8) is 0 Å². The third-order valence-electron chi connectivity index (χ3n) is 2.62. The van der Waals surface area contributed by atoms with Gasteiger partial charge in [-0.2, -0.15) is 0 Å². The first kappa shape index (κ1) is 11.7. The number of pyridine rings is 1. The number of aromatic nitrogens is 1. The van der Waals surface area contributed by atoms with Crippen LogP contribution >= 0.6 is 0 Å². The van der Waals surface area contributed by atoms with Crippen LogP contribution in [0.2, 0.25) is 0 Å². The van der Waals surface area contributed by atoms with Crippen molar-refractivity contribution in [3.8, 4) is 0 Å². The predicted octanol–water partition coefficient (Wildman–Crippen LogP) is 2.30. The Balaban J connectivity index is 2.56. The Bertz CT molecular complexity index is 311. The smallest absolute Gasteiger partial charge is 0.223 e. The van der Waals surface area contributed by atoms with Gasteiger partial charge in [0.2, 0.25) is 5.91 Å². The van der Waals surface area contributed by atoms with Gasteiger partial charge in [0.05, 0.1) is 6.04 Å². The van der Waals surface area contributed by atoms with Crippen LogP contribution in [0.1, 0.15) is 38.8 Å². The quantitative estimate of drug-likeness (QED) is 0.821. The molecule has 0 spiro atoms. The second-order valence-corrected chi connectivity index (χ2v) is 3.82. The van der Waals surface area contributed by atoms with Crippen LogP contribution in [0.5, 0.6) is 0 Å². The van der Waals surface area contributed by atoms with E-state index in [1.54, 1.807) is 12.4 Å². The highest BCUT2D eigenvalue weighted by atomic mass is 16.1. The Kier molecular flexibility index (Phi) is 4.28. The molecule has 1 rings (SSSR count). The maximum Gasteiger partial charge on any atom is 0.223 e. The second kappa shape index (κ2) is 5.49. The molecule has 15 heavy (non-hydrogen) atoms. The highest BCUT2D eigenvalue weighted by Gasteiger charge is 2.13. The van der Waals surface area contributed by atoms with Crippen molar-refractivity contribution >= 4 is 5.91 Å². The van der Waals surface area contributed by atoms with Gasteiger partial charge in [-0.3, -0.25) is 9.78 Å². The lowest BCUT2D eigenvalue weighted by Crippen LogP contribution is -2.31. The number of carbonyl (C=O) groups is 1. The first-order valence-corrected chi connectivity index (χ1v) is 5.35. The van der Waals surface area contributed by atoms with Crippen LogP contribution in [0.3, 0.4) is 0 Å². The average molecular weight is 206 g/mol. The predicted molar refractivity (Wildman–Crippen MR) is 60.2 cm³/mol. The zero-order valence-corrected chi connectivity index (χ0v) is 9.53. The fourth-order valence-electron chi connectivity index (χ4n) is 1.28. The van der Waals surface area contributed by atoms with Crippen molar-refractivity contribution in [1.29, 1.82) is 0 Å². The van der Waals surface area contributed by atoms with E-state index in [4.69, 9.17) is 0 Å². The number of nitrogens with zero attached hydrogens (tertiary/aromatic N) is 1. The van der Waals surface area contributed by atoms with Crippen LogP contribution in [0.25, 0.3) is 0 Å². The van der Waals surface area contributed by atoms with Crippen LogP contribution in [0.15, 0.2) is 24.5 Å². The van der Waals surface area contributed by atoms with Crippen LogP contribution in [0, 0.1) is 5.92 Å². The fourth-order valence-corrected chi connectivity index (χ4v) is 1.28. The van der Waals surface area contributed by atoms with Crippen molar-refractivity contribution in [1.82, 2.24) is 10.3 Å². The van der Waals surface area contributed by atoms with E-state index in [9.17, 15) is 4.79 Å². The average Bonchev–Trinajstić information content (AvgIpc) is 2.29. The van der Waals surface area contributed by atoms with Crippen LogP contribution < -0.4 is 5.32 Å². The first-order valence-electron chi connectivity index (χ1n) is 5.35. The lowest BCUT2D eigenvalue weighted by Gasteiger charge is -2.16. The standard InChI is InChI=1S/C12H18N2O/c1-4-9(2)12(15)14-10(3)11-5-7-13-8-6-11/h5-10H,4H2,1-3H3,(H,14,15). The van der Waals surface area contributed by atoms with Crippen molar-refractivity contribution in [2.24, 2.45) is 5.92 Å². The zero-order chi connectivity index (χ0) is 11.3. The highest BCUT2D eigenvalue weighted by Crippen LogP contribution is 2.11. The number of rotatable bonds is 4. The molecule has 1 aromatic heterocycles. The summed E-state index contributed by atoms with van der Waals surface area (Å²) in [6, 6.07) is 3.89. The molecule has 0 aromatic carbocycles. The van der Waals surface area contributed by atoms with E-state index < -0.39 is 0 Å². The van der Waals surface area contributed by atoms with E-state index >= 15 is 0 Å². The third kappa shape index (κ3) is 3.35. The van der Waals surface area contributed by atoms with Gasteiger partial charge < -0.3 is 5.32 Å². The molecule has 2 atom stereocenters. The molecule has 82 valence electrons. The van der Waals surface area contributed by atoms with Gasteiger partial charge in [-0.25, -0.2) is 0 Å². The topological polar surface area (TPSA) is 42.0 Å². The van der Waals surface area contributed by atoms with Gasteiger partial charge in [0, 0.05) is 18.3 Å². The summed E-state index contributed by atoms with van der Waals surface area (Å²) in [6.07, 6.45) is 4.34. The molecule has 2 unspecified atom stereocenters. The van der Waals surface area contributed by atoms with E-state index in [1.165, 1.54) is 0 Å². The van der Waals surface area contributed by atoms with Gasteiger partial charge in [-0.15, -0.1) is 0 Å². The molecule has 1 N–H and O–H groups in total. The van der Waals surface area contributed by atoms with Gasteiger partial charge in [0.15, 0.2) is 0 Å². The Morgan fingerprint density at radius 2 is 2.00 bits per heavy atom. The maximum absolute atomic E-state index is 11.6. The summed E-state index contributed by atoms with van der Waals surface area (Å²) in [5, 5.41) is 2.98. The summed E-state index contributed by atoms with van der Waals surface area (Å²) in [7, 11) is 0. The molecule has 0 saturated heterocycles. The zero-order valence-electron chi connectivity index (χ0n) is 9.53. The van der Waals surface area contributed by atoms with Crippen molar-refractivity contribution in [3.05, 3.63) is 30.1 Å². The Morgan fingerprint density at radius 1 is 1.40 bits per heavy atom. The Morgan fingerprint density at radius 3 is 2.53 bits per heavy atom. The summed E-state index contributed by atoms with van der Waals surface area (Å²) in [6.45, 7) is 5.94. The van der Waals surface area contributed by atoms with Gasteiger partial charge in [0.25, 0.3) is 0 Å². The van der Waals surface area contributed by atoms with Crippen LogP contribution in [-0.4, -0.2) is 10.9 Å². The minimum Gasteiger partial charge on any atom is -0.349 e.